The van der Waals surface area contributed by atoms with Crippen molar-refractivity contribution in [1.82, 2.24) is 0 Å². The Bertz CT molecular complexity index is 221. The molecule has 0 aromatic heterocycles. The first kappa shape index (κ1) is 8.11. The maximum atomic E-state index is 11.0. The van der Waals surface area contributed by atoms with Gasteiger partial charge in [-0.25, -0.2) is 4.79 Å². The van der Waals surface area contributed by atoms with Crippen molar-refractivity contribution in [2.75, 3.05) is 0 Å². The van der Waals surface area contributed by atoms with Crippen LogP contribution in [0.5, 0.6) is 0 Å². The quantitative estimate of drug-likeness (QED) is 0.329. The van der Waals surface area contributed by atoms with E-state index in [-0.39, 0.29) is 5.76 Å². The highest BCUT2D eigenvalue weighted by Crippen LogP contribution is 2.30. The number of hydrogen-bond acceptors (Lipinski definition) is 3. The van der Waals surface area contributed by atoms with Gasteiger partial charge in [0.15, 0.2) is 0 Å². The van der Waals surface area contributed by atoms with E-state index in [2.05, 4.69) is 0 Å². The predicted molar refractivity (Wildman–Crippen MR) is 40.1 cm³/mol. The van der Waals surface area contributed by atoms with Crippen LogP contribution in [0.4, 0.5) is 0 Å². The molecule has 62 valence electrons. The molecule has 0 saturated carbocycles. The van der Waals surface area contributed by atoms with Crippen LogP contribution in [-0.4, -0.2) is 16.7 Å². The van der Waals surface area contributed by atoms with Crippen molar-refractivity contribution in [3.8, 4) is 0 Å². The molecular formula is C8H12O3. The Hall–Kier alpha value is -0.990. The predicted octanol–water partition coefficient (Wildman–Crippen LogP) is 1.54. The Kier molecular flexibility index (Phi) is 1.66. The van der Waals surface area contributed by atoms with Gasteiger partial charge in [-0.3, -0.25) is 0 Å². The van der Waals surface area contributed by atoms with Gasteiger partial charge in [-0.15, -0.1) is 0 Å². The van der Waals surface area contributed by atoms with Crippen LogP contribution in [0.25, 0.3) is 0 Å². The van der Waals surface area contributed by atoms with E-state index in [0.717, 1.165) is 0 Å². The fraction of sp³-hybridized carbons (Fsp3) is 0.625. The second kappa shape index (κ2) is 2.26. The molecule has 1 N–H and O–H groups in total. The van der Waals surface area contributed by atoms with Gasteiger partial charge in [0, 0.05) is 6.42 Å². The first-order valence-electron chi connectivity index (χ1n) is 3.54. The summed E-state index contributed by atoms with van der Waals surface area (Å²) in [6.07, 6.45) is 0.494. The van der Waals surface area contributed by atoms with Crippen molar-refractivity contribution in [3.63, 3.8) is 0 Å². The molecule has 1 heterocycles. The number of rotatable bonds is 0. The lowest BCUT2D eigenvalue weighted by Gasteiger charge is -2.13. The summed E-state index contributed by atoms with van der Waals surface area (Å²) in [6, 6.07) is 0. The monoisotopic (exact) mass is 156 g/mol. The number of allylic oxidation sites excluding steroid dienone is 1. The van der Waals surface area contributed by atoms with Gasteiger partial charge in [-0.1, -0.05) is 0 Å². The van der Waals surface area contributed by atoms with Crippen molar-refractivity contribution in [2.24, 2.45) is 0 Å². The van der Waals surface area contributed by atoms with Crippen molar-refractivity contribution < 1.29 is 14.6 Å². The molecule has 0 unspecified atom stereocenters. The lowest BCUT2D eigenvalue weighted by Crippen LogP contribution is -2.17. The minimum atomic E-state index is -0.448. The molecule has 3 nitrogen and oxygen atoms in total. The van der Waals surface area contributed by atoms with Gasteiger partial charge in [-0.05, 0) is 20.8 Å². The van der Waals surface area contributed by atoms with Crippen LogP contribution < -0.4 is 0 Å². The number of carbonyl (C=O) groups is 1. The summed E-state index contributed by atoms with van der Waals surface area (Å²) in [7, 11) is 0. The number of carbonyl (C=O) groups excluding carboxylic acids is 1. The standard InChI is InChI=1S/C8H12O3/c1-5(9)6-4-8(2,3)11-7(6)10/h9H,4H2,1-3H3/b6-5+. The molecule has 3 heteroatoms. The fourth-order valence-electron chi connectivity index (χ4n) is 1.12. The van der Waals surface area contributed by atoms with Gasteiger partial charge in [0.25, 0.3) is 0 Å². The molecule has 0 amide bonds. The molecule has 1 saturated heterocycles. The van der Waals surface area contributed by atoms with Gasteiger partial charge in [0.2, 0.25) is 0 Å². The van der Waals surface area contributed by atoms with Crippen molar-refractivity contribution >= 4 is 5.97 Å². The summed E-state index contributed by atoms with van der Waals surface area (Å²) >= 11 is 0. The lowest BCUT2D eigenvalue weighted by molar-refractivity contribution is -0.143. The van der Waals surface area contributed by atoms with E-state index >= 15 is 0 Å². The van der Waals surface area contributed by atoms with Crippen LogP contribution >= 0.6 is 0 Å². The van der Waals surface area contributed by atoms with Crippen LogP contribution in [0.1, 0.15) is 27.2 Å². The minimum absolute atomic E-state index is 0.0700. The van der Waals surface area contributed by atoms with Crippen molar-refractivity contribution in [3.05, 3.63) is 11.3 Å². The van der Waals surface area contributed by atoms with Crippen molar-refractivity contribution in [2.45, 2.75) is 32.8 Å². The Labute approximate surface area is 65.7 Å². The Morgan fingerprint density at radius 1 is 1.64 bits per heavy atom. The normalized spacial score (nSPS) is 26.6. The fourth-order valence-corrected chi connectivity index (χ4v) is 1.12. The molecule has 0 spiro atoms. The third kappa shape index (κ3) is 1.53. The van der Waals surface area contributed by atoms with E-state index in [1.807, 2.05) is 13.8 Å². The molecule has 0 aliphatic carbocycles. The molecule has 1 fully saturated rings. The zero-order valence-electron chi connectivity index (χ0n) is 6.97. The Morgan fingerprint density at radius 2 is 2.18 bits per heavy atom. The van der Waals surface area contributed by atoms with E-state index in [1.165, 1.54) is 6.92 Å². The first-order valence-corrected chi connectivity index (χ1v) is 3.54. The number of aliphatic hydroxyl groups excluding tert-OH is 1. The first-order chi connectivity index (χ1) is 4.92. The second-order valence-electron chi connectivity index (χ2n) is 3.39. The smallest absolute Gasteiger partial charge is 0.338 e. The van der Waals surface area contributed by atoms with Crippen molar-refractivity contribution in [1.29, 1.82) is 0 Å². The average Bonchev–Trinajstić information content (AvgIpc) is 2.05. The second-order valence-corrected chi connectivity index (χ2v) is 3.39. The van der Waals surface area contributed by atoms with E-state index in [1.54, 1.807) is 0 Å². The zero-order valence-corrected chi connectivity index (χ0v) is 6.97. The highest BCUT2D eigenvalue weighted by molar-refractivity contribution is 5.91. The van der Waals surface area contributed by atoms with E-state index < -0.39 is 11.6 Å². The van der Waals surface area contributed by atoms with Crippen LogP contribution in [-0.2, 0) is 9.53 Å². The molecule has 0 aromatic rings. The number of aliphatic hydroxyl groups is 1. The lowest BCUT2D eigenvalue weighted by atomic mass is 10.0. The van der Waals surface area contributed by atoms with Crippen LogP contribution in [0.15, 0.2) is 11.3 Å². The van der Waals surface area contributed by atoms with Gasteiger partial charge in [-0.2, -0.15) is 0 Å². The van der Waals surface area contributed by atoms with Gasteiger partial charge < -0.3 is 9.84 Å². The van der Waals surface area contributed by atoms with E-state index in [9.17, 15) is 4.79 Å². The third-order valence-corrected chi connectivity index (χ3v) is 1.65. The van der Waals surface area contributed by atoms with Gasteiger partial charge >= 0.3 is 5.97 Å². The van der Waals surface area contributed by atoms with E-state index in [0.29, 0.717) is 12.0 Å². The molecule has 0 bridgehead atoms. The minimum Gasteiger partial charge on any atom is -0.512 e. The number of esters is 1. The van der Waals surface area contributed by atoms with Gasteiger partial charge in [0.1, 0.15) is 5.60 Å². The molecule has 0 aromatic carbocycles. The molecule has 1 rings (SSSR count). The molecule has 1 aliphatic heterocycles. The third-order valence-electron chi connectivity index (χ3n) is 1.65. The topological polar surface area (TPSA) is 46.5 Å². The SMILES string of the molecule is C/C(O)=C1/CC(C)(C)OC1=O. The highest BCUT2D eigenvalue weighted by atomic mass is 16.6. The average molecular weight is 156 g/mol. The van der Waals surface area contributed by atoms with Crippen LogP contribution in [0.2, 0.25) is 0 Å². The molecule has 1 aliphatic rings. The maximum absolute atomic E-state index is 11.0. The summed E-state index contributed by atoms with van der Waals surface area (Å²) in [5.74, 6) is -0.324. The van der Waals surface area contributed by atoms with Gasteiger partial charge in [0.05, 0.1) is 11.3 Å². The Balaban J connectivity index is 2.92. The largest absolute Gasteiger partial charge is 0.512 e. The number of ether oxygens (including phenoxy) is 1. The molecule has 0 radical (unpaired) electrons. The summed E-state index contributed by atoms with van der Waals surface area (Å²) < 4.78 is 4.97. The maximum Gasteiger partial charge on any atom is 0.338 e. The molecule has 0 atom stereocenters. The number of cyclic esters (lactones) is 1. The van der Waals surface area contributed by atoms with Crippen LogP contribution in [0.3, 0.4) is 0 Å². The van der Waals surface area contributed by atoms with E-state index in [4.69, 9.17) is 9.84 Å². The summed E-state index contributed by atoms with van der Waals surface area (Å²) in [4.78, 5) is 11.0. The molecular weight excluding hydrogens is 144 g/mol. The summed E-state index contributed by atoms with van der Waals surface area (Å²) in [5.41, 5.74) is -0.0499. The number of hydrogen-bond donors (Lipinski definition) is 1. The summed E-state index contributed by atoms with van der Waals surface area (Å²) in [6.45, 7) is 5.14. The zero-order chi connectivity index (χ0) is 8.65. The van der Waals surface area contributed by atoms with Crippen LogP contribution in [0, 0.1) is 0 Å². The molecule has 11 heavy (non-hydrogen) atoms. The summed E-state index contributed by atoms with van der Waals surface area (Å²) in [5, 5.41) is 9.03. The highest BCUT2D eigenvalue weighted by Gasteiger charge is 2.36. The Morgan fingerprint density at radius 3 is 2.36 bits per heavy atom.